The number of rotatable bonds is 3. The summed E-state index contributed by atoms with van der Waals surface area (Å²) < 4.78 is 0. The van der Waals surface area contributed by atoms with E-state index < -0.39 is 5.97 Å². The highest BCUT2D eigenvalue weighted by Gasteiger charge is 1.96. The molecule has 98 valence electrons. The number of carboxylic acid groups (broad SMARTS) is 1. The Morgan fingerprint density at radius 3 is 1.89 bits per heavy atom. The van der Waals surface area contributed by atoms with Gasteiger partial charge in [0.25, 0.3) is 0 Å². The first-order chi connectivity index (χ1) is 9.24. The first-order valence-electron chi connectivity index (χ1n) is 5.85. The average molecular weight is 256 g/mol. The van der Waals surface area contributed by atoms with Gasteiger partial charge in [0, 0.05) is 0 Å². The topological polar surface area (TPSA) is 57.5 Å². The van der Waals surface area contributed by atoms with Crippen molar-refractivity contribution in [3.63, 3.8) is 0 Å². The van der Waals surface area contributed by atoms with E-state index in [1.54, 1.807) is 36.4 Å². The molecule has 0 aliphatic carbocycles. The van der Waals surface area contributed by atoms with Crippen LogP contribution in [0.4, 0.5) is 0 Å². The number of aromatic carboxylic acids is 1. The third-order valence-electron chi connectivity index (χ3n) is 2.24. The zero-order valence-electron chi connectivity index (χ0n) is 10.4. The Balaban J connectivity index is 0.000000191. The molecule has 2 aromatic carbocycles. The lowest BCUT2D eigenvalue weighted by Gasteiger charge is -1.88. The molecule has 0 bridgehead atoms. The second-order valence-electron chi connectivity index (χ2n) is 3.67. The third kappa shape index (κ3) is 6.19. The summed E-state index contributed by atoms with van der Waals surface area (Å²) in [5.74, 6) is -0.879. The van der Waals surface area contributed by atoms with Gasteiger partial charge < -0.3 is 10.2 Å². The number of hydrogen-bond acceptors (Lipinski definition) is 2. The molecule has 3 nitrogen and oxygen atoms in total. The minimum absolute atomic E-state index is 0.106. The first-order valence-corrected chi connectivity index (χ1v) is 5.85. The number of hydrogen-bond donors (Lipinski definition) is 2. The van der Waals surface area contributed by atoms with E-state index in [0.29, 0.717) is 5.56 Å². The van der Waals surface area contributed by atoms with Crippen LogP contribution in [0, 0.1) is 0 Å². The van der Waals surface area contributed by atoms with Crippen LogP contribution in [-0.4, -0.2) is 22.8 Å². The Labute approximate surface area is 112 Å². The van der Waals surface area contributed by atoms with Crippen LogP contribution < -0.4 is 0 Å². The maximum absolute atomic E-state index is 10.2. The lowest BCUT2D eigenvalue weighted by Crippen LogP contribution is -1.93. The molecule has 0 aliphatic rings. The van der Waals surface area contributed by atoms with Gasteiger partial charge in [0.05, 0.1) is 12.2 Å². The number of carbonyl (C=O) groups is 1. The quantitative estimate of drug-likeness (QED) is 0.887. The van der Waals surface area contributed by atoms with Crippen molar-refractivity contribution in [2.75, 3.05) is 6.61 Å². The van der Waals surface area contributed by atoms with E-state index >= 15 is 0 Å². The lowest BCUT2D eigenvalue weighted by atomic mass is 10.2. The van der Waals surface area contributed by atoms with E-state index in [2.05, 4.69) is 0 Å². The molecule has 0 unspecified atom stereocenters. The van der Waals surface area contributed by atoms with Gasteiger partial charge in [-0.1, -0.05) is 60.7 Å². The Morgan fingerprint density at radius 1 is 0.947 bits per heavy atom. The fourth-order valence-corrected chi connectivity index (χ4v) is 1.33. The maximum Gasteiger partial charge on any atom is 0.335 e. The highest BCUT2D eigenvalue weighted by atomic mass is 16.4. The van der Waals surface area contributed by atoms with E-state index in [9.17, 15) is 4.79 Å². The van der Waals surface area contributed by atoms with Gasteiger partial charge in [0.15, 0.2) is 0 Å². The SMILES string of the molecule is O=C(O)c1ccccc1.OCC=Cc1ccccc1. The van der Waals surface area contributed by atoms with Gasteiger partial charge in [-0.2, -0.15) is 0 Å². The van der Waals surface area contributed by atoms with Gasteiger partial charge in [-0.25, -0.2) is 4.79 Å². The molecular weight excluding hydrogens is 240 g/mol. The smallest absolute Gasteiger partial charge is 0.335 e. The van der Waals surface area contributed by atoms with Crippen LogP contribution in [-0.2, 0) is 0 Å². The summed E-state index contributed by atoms with van der Waals surface area (Å²) in [5, 5.41) is 16.8. The van der Waals surface area contributed by atoms with Crippen molar-refractivity contribution in [1.29, 1.82) is 0 Å². The van der Waals surface area contributed by atoms with Crippen LogP contribution in [0.3, 0.4) is 0 Å². The predicted molar refractivity (Wildman–Crippen MR) is 76.0 cm³/mol. The van der Waals surface area contributed by atoms with Gasteiger partial charge in [-0.05, 0) is 17.7 Å². The Bertz CT molecular complexity index is 504. The zero-order chi connectivity index (χ0) is 13.9. The molecule has 0 heterocycles. The molecule has 0 aromatic heterocycles. The second kappa shape index (κ2) is 8.66. The molecule has 0 aliphatic heterocycles. The van der Waals surface area contributed by atoms with Crippen molar-refractivity contribution in [3.8, 4) is 0 Å². The van der Waals surface area contributed by atoms with Gasteiger partial charge in [-0.15, -0.1) is 0 Å². The summed E-state index contributed by atoms with van der Waals surface area (Å²) in [6.45, 7) is 0.106. The minimum atomic E-state index is -0.879. The molecule has 0 saturated heterocycles. The molecule has 0 atom stereocenters. The van der Waals surface area contributed by atoms with Crippen molar-refractivity contribution < 1.29 is 15.0 Å². The third-order valence-corrected chi connectivity index (χ3v) is 2.24. The summed E-state index contributed by atoms with van der Waals surface area (Å²) in [5.41, 5.74) is 1.45. The summed E-state index contributed by atoms with van der Waals surface area (Å²) in [6, 6.07) is 18.2. The fraction of sp³-hybridized carbons (Fsp3) is 0.0625. The van der Waals surface area contributed by atoms with Crippen molar-refractivity contribution in [2.45, 2.75) is 0 Å². The lowest BCUT2D eigenvalue weighted by molar-refractivity contribution is 0.0697. The van der Waals surface area contributed by atoms with Gasteiger partial charge in [0.2, 0.25) is 0 Å². The van der Waals surface area contributed by atoms with E-state index in [-0.39, 0.29) is 6.61 Å². The normalized spacial score (nSPS) is 9.74. The highest BCUT2D eigenvalue weighted by Crippen LogP contribution is 1.99. The summed E-state index contributed by atoms with van der Waals surface area (Å²) in [4.78, 5) is 10.2. The molecule has 0 fully saturated rings. The van der Waals surface area contributed by atoms with Crippen molar-refractivity contribution in [3.05, 3.63) is 77.9 Å². The molecule has 2 rings (SSSR count). The second-order valence-corrected chi connectivity index (χ2v) is 3.67. The van der Waals surface area contributed by atoms with E-state index in [1.165, 1.54) is 0 Å². The summed E-state index contributed by atoms with van der Waals surface area (Å²) in [6.07, 6.45) is 3.61. The molecule has 0 saturated carbocycles. The van der Waals surface area contributed by atoms with Gasteiger partial charge in [0.1, 0.15) is 0 Å². The molecule has 0 amide bonds. The minimum Gasteiger partial charge on any atom is -0.478 e. The summed E-state index contributed by atoms with van der Waals surface area (Å²) in [7, 11) is 0. The van der Waals surface area contributed by atoms with Gasteiger partial charge in [-0.3, -0.25) is 0 Å². The van der Waals surface area contributed by atoms with Crippen LogP contribution in [0.2, 0.25) is 0 Å². The highest BCUT2D eigenvalue weighted by molar-refractivity contribution is 5.87. The van der Waals surface area contributed by atoms with Crippen LogP contribution >= 0.6 is 0 Å². The van der Waals surface area contributed by atoms with Gasteiger partial charge >= 0.3 is 5.97 Å². The van der Waals surface area contributed by atoms with Crippen molar-refractivity contribution in [1.82, 2.24) is 0 Å². The zero-order valence-corrected chi connectivity index (χ0v) is 10.4. The number of carboxylic acids is 1. The molecule has 2 N–H and O–H groups in total. The largest absolute Gasteiger partial charge is 0.478 e. The van der Waals surface area contributed by atoms with Crippen molar-refractivity contribution in [2.24, 2.45) is 0 Å². The van der Waals surface area contributed by atoms with Crippen LogP contribution in [0.1, 0.15) is 15.9 Å². The number of aliphatic hydroxyl groups excluding tert-OH is 1. The Hall–Kier alpha value is -2.39. The number of aliphatic hydroxyl groups is 1. The average Bonchev–Trinajstić information content (AvgIpc) is 2.48. The molecule has 19 heavy (non-hydrogen) atoms. The van der Waals surface area contributed by atoms with Crippen LogP contribution in [0.15, 0.2) is 66.7 Å². The monoisotopic (exact) mass is 256 g/mol. The van der Waals surface area contributed by atoms with Crippen LogP contribution in [0.25, 0.3) is 6.08 Å². The Kier molecular flexibility index (Phi) is 6.69. The van der Waals surface area contributed by atoms with E-state index in [4.69, 9.17) is 10.2 Å². The van der Waals surface area contributed by atoms with Crippen molar-refractivity contribution >= 4 is 12.0 Å². The van der Waals surface area contributed by atoms with E-state index in [0.717, 1.165) is 5.56 Å². The van der Waals surface area contributed by atoms with E-state index in [1.807, 2.05) is 36.4 Å². The molecule has 0 spiro atoms. The predicted octanol–water partition coefficient (Wildman–Crippen LogP) is 3.08. The molecular formula is C16H16O3. The standard InChI is InChI=1S/C9H10O.C7H6O2/c10-8-4-7-9-5-2-1-3-6-9;8-7(9)6-4-2-1-3-5-6/h1-7,10H,8H2;1-5H,(H,8,9). The molecule has 2 aromatic rings. The number of benzene rings is 2. The molecule has 0 radical (unpaired) electrons. The molecule has 3 heteroatoms. The maximum atomic E-state index is 10.2. The Morgan fingerprint density at radius 2 is 1.47 bits per heavy atom. The fourth-order valence-electron chi connectivity index (χ4n) is 1.33. The summed E-state index contributed by atoms with van der Waals surface area (Å²) >= 11 is 0. The first kappa shape index (κ1) is 14.7. The van der Waals surface area contributed by atoms with Crippen LogP contribution in [0.5, 0.6) is 0 Å².